The smallest absolute Gasteiger partial charge is 0.271 e. The third-order valence-corrected chi connectivity index (χ3v) is 4.57. The fourth-order valence-electron chi connectivity index (χ4n) is 2.57. The number of carbonyl (C=O) groups is 1. The summed E-state index contributed by atoms with van der Waals surface area (Å²) in [6.07, 6.45) is 4.01. The SMILES string of the molecule is CC1CCCCCN1C(=O)c1cc([N+](=O)[O-])cc(Cl)c1Cl. The zero-order valence-electron chi connectivity index (χ0n) is 11.6. The summed E-state index contributed by atoms with van der Waals surface area (Å²) in [5.41, 5.74) is -0.125. The van der Waals surface area contributed by atoms with E-state index in [9.17, 15) is 14.9 Å². The predicted octanol–water partition coefficient (Wildman–Crippen LogP) is 4.31. The Morgan fingerprint density at radius 2 is 2.05 bits per heavy atom. The second-order valence-electron chi connectivity index (χ2n) is 5.24. The molecule has 0 bridgehead atoms. The van der Waals surface area contributed by atoms with Crippen LogP contribution in [-0.2, 0) is 0 Å². The maximum atomic E-state index is 12.7. The van der Waals surface area contributed by atoms with Crippen LogP contribution < -0.4 is 0 Å². The van der Waals surface area contributed by atoms with Crippen molar-refractivity contribution in [3.63, 3.8) is 0 Å². The van der Waals surface area contributed by atoms with Gasteiger partial charge in [0.15, 0.2) is 0 Å². The molecule has 1 unspecified atom stereocenters. The molecule has 1 heterocycles. The standard InChI is InChI=1S/C14H16Cl2N2O3/c1-9-5-3-2-4-6-17(9)14(19)11-7-10(18(20)21)8-12(15)13(11)16/h7-9H,2-6H2,1H3. The van der Waals surface area contributed by atoms with E-state index in [0.29, 0.717) is 6.54 Å². The molecule has 1 aliphatic rings. The highest BCUT2D eigenvalue weighted by atomic mass is 35.5. The van der Waals surface area contributed by atoms with Crippen molar-refractivity contribution in [1.82, 2.24) is 4.90 Å². The molecule has 0 radical (unpaired) electrons. The van der Waals surface area contributed by atoms with Gasteiger partial charge in [-0.25, -0.2) is 0 Å². The van der Waals surface area contributed by atoms with Crippen molar-refractivity contribution in [2.45, 2.75) is 38.6 Å². The number of hydrogen-bond donors (Lipinski definition) is 0. The molecule has 1 aliphatic heterocycles. The number of halogens is 2. The first kappa shape index (κ1) is 16.0. The number of benzene rings is 1. The average Bonchev–Trinajstić information content (AvgIpc) is 2.65. The normalized spacial score (nSPS) is 19.2. The number of rotatable bonds is 2. The maximum Gasteiger partial charge on any atom is 0.271 e. The molecular formula is C14H16Cl2N2O3. The van der Waals surface area contributed by atoms with E-state index in [1.165, 1.54) is 6.07 Å². The fraction of sp³-hybridized carbons (Fsp3) is 0.500. The lowest BCUT2D eigenvalue weighted by Crippen LogP contribution is -2.38. The molecule has 1 amide bonds. The topological polar surface area (TPSA) is 63.5 Å². The van der Waals surface area contributed by atoms with Crippen LogP contribution in [0.25, 0.3) is 0 Å². The number of nitrogens with zero attached hydrogens (tertiary/aromatic N) is 2. The summed E-state index contributed by atoms with van der Waals surface area (Å²) in [4.78, 5) is 24.7. The average molecular weight is 331 g/mol. The number of nitro groups is 1. The predicted molar refractivity (Wildman–Crippen MR) is 82.1 cm³/mol. The molecular weight excluding hydrogens is 315 g/mol. The third-order valence-electron chi connectivity index (χ3n) is 3.77. The Morgan fingerprint density at radius 3 is 2.71 bits per heavy atom. The van der Waals surface area contributed by atoms with Crippen LogP contribution in [0, 0.1) is 10.1 Å². The molecule has 1 fully saturated rings. The summed E-state index contributed by atoms with van der Waals surface area (Å²) < 4.78 is 0. The minimum atomic E-state index is -0.579. The van der Waals surface area contributed by atoms with Gasteiger partial charge in [0.1, 0.15) is 0 Å². The number of amides is 1. The van der Waals surface area contributed by atoms with E-state index >= 15 is 0 Å². The Labute approximate surface area is 133 Å². The lowest BCUT2D eigenvalue weighted by Gasteiger charge is -2.27. The van der Waals surface area contributed by atoms with Crippen molar-refractivity contribution in [2.24, 2.45) is 0 Å². The van der Waals surface area contributed by atoms with Crippen LogP contribution in [-0.4, -0.2) is 28.3 Å². The lowest BCUT2D eigenvalue weighted by molar-refractivity contribution is -0.384. The molecule has 2 rings (SSSR count). The first-order valence-electron chi connectivity index (χ1n) is 6.86. The molecule has 114 valence electrons. The minimum absolute atomic E-state index is 0.0247. The summed E-state index contributed by atoms with van der Waals surface area (Å²) in [5, 5.41) is 11.0. The Kier molecular flexibility index (Phi) is 5.06. The van der Waals surface area contributed by atoms with E-state index in [1.54, 1.807) is 4.90 Å². The zero-order chi connectivity index (χ0) is 15.6. The molecule has 0 N–H and O–H groups in total. The highest BCUT2D eigenvalue weighted by molar-refractivity contribution is 6.44. The molecule has 0 aromatic heterocycles. The van der Waals surface area contributed by atoms with E-state index in [1.807, 2.05) is 6.92 Å². The summed E-state index contributed by atoms with van der Waals surface area (Å²) in [5.74, 6) is -0.292. The van der Waals surface area contributed by atoms with E-state index in [0.717, 1.165) is 31.7 Å². The van der Waals surface area contributed by atoms with Gasteiger partial charge in [-0.15, -0.1) is 0 Å². The molecule has 1 aromatic carbocycles. The van der Waals surface area contributed by atoms with Gasteiger partial charge in [-0.2, -0.15) is 0 Å². The first-order valence-corrected chi connectivity index (χ1v) is 7.62. The van der Waals surface area contributed by atoms with Crippen LogP contribution in [0.1, 0.15) is 43.0 Å². The van der Waals surface area contributed by atoms with Crippen molar-refractivity contribution in [2.75, 3.05) is 6.54 Å². The fourth-order valence-corrected chi connectivity index (χ4v) is 2.97. The van der Waals surface area contributed by atoms with Gasteiger partial charge in [0.05, 0.1) is 20.5 Å². The van der Waals surface area contributed by atoms with Crippen molar-refractivity contribution < 1.29 is 9.72 Å². The molecule has 0 spiro atoms. The monoisotopic (exact) mass is 330 g/mol. The second-order valence-corrected chi connectivity index (χ2v) is 6.03. The van der Waals surface area contributed by atoms with Crippen molar-refractivity contribution in [1.29, 1.82) is 0 Å². The van der Waals surface area contributed by atoms with E-state index in [4.69, 9.17) is 23.2 Å². The number of carbonyl (C=O) groups excluding carboxylic acids is 1. The van der Waals surface area contributed by atoms with Gasteiger partial charge < -0.3 is 4.90 Å². The van der Waals surface area contributed by atoms with Crippen LogP contribution in [0.15, 0.2) is 12.1 Å². The van der Waals surface area contributed by atoms with E-state index < -0.39 is 4.92 Å². The molecule has 5 nitrogen and oxygen atoms in total. The summed E-state index contributed by atoms with van der Waals surface area (Å²) in [6, 6.07) is 2.45. The molecule has 21 heavy (non-hydrogen) atoms. The Hall–Kier alpha value is -1.33. The van der Waals surface area contributed by atoms with Crippen LogP contribution in [0.2, 0.25) is 10.0 Å². The largest absolute Gasteiger partial charge is 0.336 e. The van der Waals surface area contributed by atoms with Crippen LogP contribution in [0.5, 0.6) is 0 Å². The van der Waals surface area contributed by atoms with Gasteiger partial charge in [0.2, 0.25) is 0 Å². The summed E-state index contributed by atoms with van der Waals surface area (Å²) in [6.45, 7) is 2.62. The maximum absolute atomic E-state index is 12.7. The number of likely N-dealkylation sites (tertiary alicyclic amines) is 1. The minimum Gasteiger partial charge on any atom is -0.336 e. The zero-order valence-corrected chi connectivity index (χ0v) is 13.2. The molecule has 1 saturated heterocycles. The summed E-state index contributed by atoms with van der Waals surface area (Å²) >= 11 is 12.0. The Balaban J connectivity index is 2.39. The molecule has 1 aromatic rings. The van der Waals surface area contributed by atoms with Gasteiger partial charge >= 0.3 is 0 Å². The van der Waals surface area contributed by atoms with Crippen LogP contribution in [0.4, 0.5) is 5.69 Å². The molecule has 0 aliphatic carbocycles. The van der Waals surface area contributed by atoms with Crippen molar-refractivity contribution in [3.05, 3.63) is 37.9 Å². The quantitative estimate of drug-likeness (QED) is 0.599. The van der Waals surface area contributed by atoms with Crippen LogP contribution >= 0.6 is 23.2 Å². The number of nitro benzene ring substituents is 1. The van der Waals surface area contributed by atoms with Gasteiger partial charge in [-0.3, -0.25) is 14.9 Å². The van der Waals surface area contributed by atoms with E-state index in [2.05, 4.69) is 0 Å². The lowest BCUT2D eigenvalue weighted by atomic mass is 10.1. The molecule has 1 atom stereocenters. The van der Waals surface area contributed by atoms with Gasteiger partial charge in [0, 0.05) is 24.7 Å². The van der Waals surface area contributed by atoms with Gasteiger partial charge in [0.25, 0.3) is 11.6 Å². The van der Waals surface area contributed by atoms with Gasteiger partial charge in [-0.05, 0) is 19.8 Å². The summed E-state index contributed by atoms with van der Waals surface area (Å²) in [7, 11) is 0. The molecule has 0 saturated carbocycles. The second kappa shape index (κ2) is 6.62. The number of hydrogen-bond acceptors (Lipinski definition) is 3. The highest BCUT2D eigenvalue weighted by Gasteiger charge is 2.27. The Bertz CT molecular complexity index is 578. The van der Waals surface area contributed by atoms with Crippen molar-refractivity contribution >= 4 is 34.8 Å². The van der Waals surface area contributed by atoms with E-state index in [-0.39, 0.29) is 33.2 Å². The third kappa shape index (κ3) is 3.47. The Morgan fingerprint density at radius 1 is 1.33 bits per heavy atom. The molecule has 7 heteroatoms. The first-order chi connectivity index (χ1) is 9.91. The van der Waals surface area contributed by atoms with Gasteiger partial charge in [-0.1, -0.05) is 36.0 Å². The van der Waals surface area contributed by atoms with Crippen LogP contribution in [0.3, 0.4) is 0 Å². The number of non-ortho nitro benzene ring substituents is 1. The van der Waals surface area contributed by atoms with Crippen molar-refractivity contribution in [3.8, 4) is 0 Å². The highest BCUT2D eigenvalue weighted by Crippen LogP contribution is 2.32.